The van der Waals surface area contributed by atoms with Crippen LogP contribution >= 0.6 is 0 Å². The van der Waals surface area contributed by atoms with Crippen LogP contribution in [0, 0.1) is 17.5 Å². The second-order valence-electron chi connectivity index (χ2n) is 10.7. The quantitative estimate of drug-likeness (QED) is 0.470. The number of rotatable bonds is 5. The minimum absolute atomic E-state index is 0.0226. The molecule has 1 saturated carbocycles. The molecule has 2 aromatic rings. The van der Waals surface area contributed by atoms with Crippen LogP contribution in [0.1, 0.15) is 49.3 Å². The van der Waals surface area contributed by atoms with Crippen LogP contribution in [-0.4, -0.2) is 65.2 Å². The Morgan fingerprint density at radius 3 is 2.41 bits per heavy atom. The highest BCUT2D eigenvalue weighted by molar-refractivity contribution is 6.00. The summed E-state index contributed by atoms with van der Waals surface area (Å²) in [7, 11) is 1.13. The lowest BCUT2D eigenvalue weighted by molar-refractivity contribution is -0.136. The molecular formula is C29H31F3N4O5. The van der Waals surface area contributed by atoms with Gasteiger partial charge in [0.1, 0.15) is 11.9 Å². The SMILES string of the molecule is COC(=O)C1=CNC(=O)N(C(=O)NC2CCN(C3CCC(O)(c4ccc(F)cc4)CC3)C2)[C@H]1c1ccc(F)c(F)c1. The standard InChI is InChI=1S/C29H31F3N4O5/c1-41-26(37)22-15-33-27(38)36(25(22)17-2-7-23(31)24(32)14-17)28(39)34-20-10-13-35(16-20)21-8-11-29(40,12-9-21)18-3-5-19(30)6-4-18/h2-7,14-15,20-21,25,40H,8-13,16H2,1H3,(H,33,38)(H,34,39)/t20?,21?,25-,29?/m0/s1. The van der Waals surface area contributed by atoms with Crippen molar-refractivity contribution in [2.45, 2.75) is 55.8 Å². The molecule has 1 saturated heterocycles. The second-order valence-corrected chi connectivity index (χ2v) is 10.7. The maximum atomic E-state index is 14.1. The van der Waals surface area contributed by atoms with E-state index in [2.05, 4.69) is 15.5 Å². The first-order valence-electron chi connectivity index (χ1n) is 13.5. The lowest BCUT2D eigenvalue weighted by atomic mass is 9.77. The van der Waals surface area contributed by atoms with Crippen molar-refractivity contribution < 1.29 is 37.4 Å². The van der Waals surface area contributed by atoms with E-state index < -0.39 is 41.3 Å². The lowest BCUT2D eigenvalue weighted by Crippen LogP contribution is -2.55. The molecule has 2 atom stereocenters. The number of urea groups is 2. The maximum Gasteiger partial charge on any atom is 0.337 e. The number of carbonyl (C=O) groups excluding carboxylic acids is 3. The Labute approximate surface area is 234 Å². The van der Waals surface area contributed by atoms with Crippen LogP contribution in [0.5, 0.6) is 0 Å². The van der Waals surface area contributed by atoms with E-state index in [1.807, 2.05) is 0 Å². The first kappa shape index (κ1) is 28.6. The van der Waals surface area contributed by atoms with Crippen LogP contribution in [0.25, 0.3) is 0 Å². The number of halogens is 3. The smallest absolute Gasteiger partial charge is 0.337 e. The summed E-state index contributed by atoms with van der Waals surface area (Å²) < 4.78 is 45.9. The monoisotopic (exact) mass is 572 g/mol. The molecule has 12 heteroatoms. The average molecular weight is 573 g/mol. The molecule has 0 radical (unpaired) electrons. The van der Waals surface area contributed by atoms with Crippen LogP contribution in [0.4, 0.5) is 22.8 Å². The number of amides is 4. The Kier molecular flexibility index (Phi) is 8.05. The third kappa shape index (κ3) is 5.80. The summed E-state index contributed by atoms with van der Waals surface area (Å²) >= 11 is 0. The molecule has 0 aromatic heterocycles. The number of esters is 1. The fraction of sp³-hybridized carbons (Fsp3) is 0.414. The van der Waals surface area contributed by atoms with Crippen molar-refractivity contribution in [3.05, 3.63) is 82.8 Å². The van der Waals surface area contributed by atoms with Crippen molar-refractivity contribution in [1.29, 1.82) is 0 Å². The van der Waals surface area contributed by atoms with Gasteiger partial charge in [-0.15, -0.1) is 0 Å². The predicted octanol–water partition coefficient (Wildman–Crippen LogP) is 3.84. The van der Waals surface area contributed by atoms with Crippen molar-refractivity contribution in [2.24, 2.45) is 0 Å². The van der Waals surface area contributed by atoms with Gasteiger partial charge < -0.3 is 20.5 Å². The second kappa shape index (κ2) is 11.5. The van der Waals surface area contributed by atoms with Crippen LogP contribution < -0.4 is 10.6 Å². The largest absolute Gasteiger partial charge is 0.466 e. The van der Waals surface area contributed by atoms with Crippen molar-refractivity contribution >= 4 is 18.0 Å². The molecule has 41 heavy (non-hydrogen) atoms. The summed E-state index contributed by atoms with van der Waals surface area (Å²) in [6.45, 7) is 1.20. The molecular weight excluding hydrogens is 541 g/mol. The van der Waals surface area contributed by atoms with Crippen molar-refractivity contribution in [2.75, 3.05) is 20.2 Å². The zero-order chi connectivity index (χ0) is 29.3. The molecule has 2 fully saturated rings. The van der Waals surface area contributed by atoms with Gasteiger partial charge in [0.15, 0.2) is 11.6 Å². The van der Waals surface area contributed by atoms with Gasteiger partial charge in [0.2, 0.25) is 0 Å². The summed E-state index contributed by atoms with van der Waals surface area (Å²) in [5.74, 6) is -3.50. The number of ether oxygens (including phenoxy) is 1. The summed E-state index contributed by atoms with van der Waals surface area (Å²) in [4.78, 5) is 41.8. The summed E-state index contributed by atoms with van der Waals surface area (Å²) in [6, 6.07) is 5.70. The molecule has 0 bridgehead atoms. The summed E-state index contributed by atoms with van der Waals surface area (Å²) in [6.07, 6.45) is 4.17. The molecule has 2 heterocycles. The fourth-order valence-electron chi connectivity index (χ4n) is 6.03. The number of nitrogens with zero attached hydrogens (tertiary/aromatic N) is 2. The minimum Gasteiger partial charge on any atom is -0.466 e. The van der Waals surface area contributed by atoms with E-state index in [1.165, 1.54) is 18.2 Å². The van der Waals surface area contributed by atoms with E-state index in [9.17, 15) is 32.7 Å². The van der Waals surface area contributed by atoms with Crippen molar-refractivity contribution in [3.63, 3.8) is 0 Å². The number of likely N-dealkylation sites (tertiary alicyclic amines) is 1. The van der Waals surface area contributed by atoms with Crippen molar-refractivity contribution in [1.82, 2.24) is 20.4 Å². The third-order valence-electron chi connectivity index (χ3n) is 8.25. The molecule has 5 rings (SSSR count). The van der Waals surface area contributed by atoms with Gasteiger partial charge in [-0.25, -0.2) is 32.5 Å². The number of hydrogen-bond acceptors (Lipinski definition) is 6. The molecule has 3 N–H and O–H groups in total. The minimum atomic E-state index is -1.34. The first-order valence-corrected chi connectivity index (χ1v) is 13.5. The number of imide groups is 1. The van der Waals surface area contributed by atoms with Crippen LogP contribution in [0.2, 0.25) is 0 Å². The number of carbonyl (C=O) groups is 3. The van der Waals surface area contributed by atoms with Crippen LogP contribution in [-0.2, 0) is 15.1 Å². The van der Waals surface area contributed by atoms with Gasteiger partial charge >= 0.3 is 18.0 Å². The molecule has 2 aromatic carbocycles. The number of methoxy groups -OCH3 is 1. The lowest BCUT2D eigenvalue weighted by Gasteiger charge is -2.40. The van der Waals surface area contributed by atoms with E-state index in [0.29, 0.717) is 50.8 Å². The Bertz CT molecular complexity index is 1360. The molecule has 2 aliphatic heterocycles. The van der Waals surface area contributed by atoms with Gasteiger partial charge in [-0.1, -0.05) is 18.2 Å². The van der Waals surface area contributed by atoms with E-state index >= 15 is 0 Å². The Balaban J connectivity index is 1.25. The zero-order valence-electron chi connectivity index (χ0n) is 22.4. The van der Waals surface area contributed by atoms with E-state index in [-0.39, 0.29) is 29.0 Å². The zero-order valence-corrected chi connectivity index (χ0v) is 22.4. The maximum absolute atomic E-state index is 14.1. The average Bonchev–Trinajstić information content (AvgIpc) is 3.42. The Hall–Kier alpha value is -3.90. The molecule has 1 aliphatic carbocycles. The molecule has 4 amide bonds. The van der Waals surface area contributed by atoms with Gasteiger partial charge in [0.05, 0.1) is 18.3 Å². The highest BCUT2D eigenvalue weighted by Crippen LogP contribution is 2.39. The predicted molar refractivity (Wildman–Crippen MR) is 141 cm³/mol. The van der Waals surface area contributed by atoms with Gasteiger partial charge in [-0.05, 0) is 67.5 Å². The van der Waals surface area contributed by atoms with Crippen molar-refractivity contribution in [3.8, 4) is 0 Å². The van der Waals surface area contributed by atoms with Gasteiger partial charge in [0.25, 0.3) is 0 Å². The number of nitrogens with one attached hydrogen (secondary N) is 2. The van der Waals surface area contributed by atoms with E-state index in [0.717, 1.165) is 30.3 Å². The number of aliphatic hydroxyl groups is 1. The number of hydrogen-bond donors (Lipinski definition) is 3. The highest BCUT2D eigenvalue weighted by atomic mass is 19.2. The first-order chi connectivity index (χ1) is 19.6. The highest BCUT2D eigenvalue weighted by Gasteiger charge is 2.42. The van der Waals surface area contributed by atoms with E-state index in [4.69, 9.17) is 4.74 Å². The molecule has 3 aliphatic rings. The molecule has 9 nitrogen and oxygen atoms in total. The van der Waals surface area contributed by atoms with Gasteiger partial charge in [-0.3, -0.25) is 4.90 Å². The Morgan fingerprint density at radius 1 is 1.05 bits per heavy atom. The van der Waals surface area contributed by atoms with E-state index in [1.54, 1.807) is 12.1 Å². The van der Waals surface area contributed by atoms with Crippen LogP contribution in [0.3, 0.4) is 0 Å². The third-order valence-corrected chi connectivity index (χ3v) is 8.25. The molecule has 0 spiro atoms. The van der Waals surface area contributed by atoms with Gasteiger partial charge in [-0.2, -0.15) is 0 Å². The summed E-state index contributed by atoms with van der Waals surface area (Å²) in [5.41, 5.74) is -0.426. The summed E-state index contributed by atoms with van der Waals surface area (Å²) in [5, 5.41) is 16.3. The Morgan fingerprint density at radius 2 is 1.76 bits per heavy atom. The molecule has 218 valence electrons. The van der Waals surface area contributed by atoms with Crippen LogP contribution in [0.15, 0.2) is 54.2 Å². The normalized spacial score (nSPS) is 26.8. The molecule has 1 unspecified atom stereocenters. The fourth-order valence-corrected chi connectivity index (χ4v) is 6.03. The topological polar surface area (TPSA) is 111 Å². The number of benzene rings is 2. The van der Waals surface area contributed by atoms with Gasteiger partial charge in [0, 0.05) is 31.4 Å².